The van der Waals surface area contributed by atoms with Crippen molar-refractivity contribution in [1.82, 2.24) is 0 Å². The van der Waals surface area contributed by atoms with Crippen LogP contribution >= 0.6 is 0 Å². The average molecular weight is 252 g/mol. The van der Waals surface area contributed by atoms with Crippen molar-refractivity contribution in [1.29, 1.82) is 0 Å². The number of rotatable bonds is 2. The fraction of sp³-hybridized carbons (Fsp3) is 0.571. The van der Waals surface area contributed by atoms with Crippen LogP contribution < -0.4 is 10.6 Å². The van der Waals surface area contributed by atoms with Crippen molar-refractivity contribution in [3.05, 3.63) is 29.1 Å². The third-order valence-electron chi connectivity index (χ3n) is 3.38. The lowest BCUT2D eigenvalue weighted by molar-refractivity contribution is 0.0531. The first-order valence-corrected chi connectivity index (χ1v) is 6.41. The topological polar surface area (TPSA) is 38.5 Å². The lowest BCUT2D eigenvalue weighted by Gasteiger charge is -2.35. The van der Waals surface area contributed by atoms with E-state index in [2.05, 4.69) is 4.90 Å². The van der Waals surface area contributed by atoms with Crippen LogP contribution in [0.3, 0.4) is 0 Å². The molecule has 2 rings (SSSR count). The summed E-state index contributed by atoms with van der Waals surface area (Å²) in [6.07, 6.45) is 0.199. The minimum absolute atomic E-state index is 0.173. The number of aryl methyl sites for hydroxylation is 1. The van der Waals surface area contributed by atoms with E-state index in [1.807, 2.05) is 19.9 Å². The van der Waals surface area contributed by atoms with Crippen molar-refractivity contribution >= 4 is 5.69 Å². The van der Waals surface area contributed by atoms with Gasteiger partial charge in [0.15, 0.2) is 0 Å². The number of anilines is 1. The van der Waals surface area contributed by atoms with Crippen LogP contribution in [0.2, 0.25) is 0 Å². The third-order valence-corrected chi connectivity index (χ3v) is 3.38. The average Bonchev–Trinajstić information content (AvgIpc) is 2.31. The van der Waals surface area contributed by atoms with Crippen molar-refractivity contribution in [2.75, 3.05) is 24.6 Å². The van der Waals surface area contributed by atoms with E-state index < -0.39 is 0 Å². The highest BCUT2D eigenvalue weighted by molar-refractivity contribution is 5.57. The minimum atomic E-state index is -0.188. The predicted octanol–water partition coefficient (Wildman–Crippen LogP) is 2.38. The van der Waals surface area contributed by atoms with Crippen molar-refractivity contribution in [3.8, 4) is 0 Å². The molecule has 100 valence electrons. The number of hydrogen-bond acceptors (Lipinski definition) is 3. The SMILES string of the molecule is Cc1cc(N2CCOC(C)C2)c([C@H](C)N)cc1F. The van der Waals surface area contributed by atoms with Gasteiger partial charge in [0.05, 0.1) is 12.7 Å². The molecule has 4 heteroatoms. The van der Waals surface area contributed by atoms with E-state index in [1.165, 1.54) is 0 Å². The van der Waals surface area contributed by atoms with Gasteiger partial charge in [0.2, 0.25) is 0 Å². The molecule has 1 aliphatic rings. The molecule has 18 heavy (non-hydrogen) atoms. The van der Waals surface area contributed by atoms with Gasteiger partial charge in [-0.25, -0.2) is 4.39 Å². The van der Waals surface area contributed by atoms with E-state index in [0.717, 1.165) is 24.3 Å². The van der Waals surface area contributed by atoms with Gasteiger partial charge >= 0.3 is 0 Å². The zero-order valence-corrected chi connectivity index (χ0v) is 11.2. The molecule has 1 aromatic carbocycles. The second kappa shape index (κ2) is 5.24. The summed E-state index contributed by atoms with van der Waals surface area (Å²) < 4.78 is 19.2. The molecule has 1 aromatic rings. The molecule has 2 atom stereocenters. The molecule has 3 nitrogen and oxygen atoms in total. The monoisotopic (exact) mass is 252 g/mol. The highest BCUT2D eigenvalue weighted by Gasteiger charge is 2.21. The van der Waals surface area contributed by atoms with Crippen LogP contribution in [0.5, 0.6) is 0 Å². The molecule has 1 aliphatic heterocycles. The third kappa shape index (κ3) is 2.65. The molecule has 0 spiro atoms. The van der Waals surface area contributed by atoms with Gasteiger partial charge in [-0.05, 0) is 44.0 Å². The quantitative estimate of drug-likeness (QED) is 0.878. The fourth-order valence-electron chi connectivity index (χ4n) is 2.36. The summed E-state index contributed by atoms with van der Waals surface area (Å²) >= 11 is 0. The Morgan fingerprint density at radius 1 is 1.50 bits per heavy atom. The molecular formula is C14H21FN2O. The van der Waals surface area contributed by atoms with Crippen LogP contribution in [0.4, 0.5) is 10.1 Å². The molecule has 0 saturated carbocycles. The highest BCUT2D eigenvalue weighted by atomic mass is 19.1. The summed E-state index contributed by atoms with van der Waals surface area (Å²) in [7, 11) is 0. The van der Waals surface area contributed by atoms with E-state index in [9.17, 15) is 4.39 Å². The predicted molar refractivity (Wildman–Crippen MR) is 71.4 cm³/mol. The summed E-state index contributed by atoms with van der Waals surface area (Å²) in [5.74, 6) is -0.188. The van der Waals surface area contributed by atoms with Gasteiger partial charge in [0.25, 0.3) is 0 Å². The van der Waals surface area contributed by atoms with E-state index in [4.69, 9.17) is 10.5 Å². The molecule has 1 fully saturated rings. The zero-order valence-electron chi connectivity index (χ0n) is 11.2. The van der Waals surface area contributed by atoms with E-state index in [0.29, 0.717) is 12.2 Å². The molecular weight excluding hydrogens is 231 g/mol. The van der Waals surface area contributed by atoms with Crippen molar-refractivity contribution in [2.45, 2.75) is 32.9 Å². The highest BCUT2D eigenvalue weighted by Crippen LogP contribution is 2.29. The van der Waals surface area contributed by atoms with Crippen LogP contribution in [0.25, 0.3) is 0 Å². The van der Waals surface area contributed by atoms with Gasteiger partial charge in [-0.1, -0.05) is 0 Å². The number of benzene rings is 1. The summed E-state index contributed by atoms with van der Waals surface area (Å²) in [6.45, 7) is 8.08. The summed E-state index contributed by atoms with van der Waals surface area (Å²) in [5.41, 5.74) is 8.52. The molecule has 0 amide bonds. The molecule has 2 N–H and O–H groups in total. The Balaban J connectivity index is 2.38. The number of morpholine rings is 1. The van der Waals surface area contributed by atoms with Gasteiger partial charge in [0.1, 0.15) is 5.82 Å². The normalized spacial score (nSPS) is 22.1. The maximum absolute atomic E-state index is 13.7. The van der Waals surface area contributed by atoms with Gasteiger partial charge < -0.3 is 15.4 Å². The second-order valence-electron chi connectivity index (χ2n) is 5.08. The number of hydrogen-bond donors (Lipinski definition) is 1. The first-order valence-electron chi connectivity index (χ1n) is 6.41. The minimum Gasteiger partial charge on any atom is -0.375 e. The Hall–Kier alpha value is -1.13. The lowest BCUT2D eigenvalue weighted by atomic mass is 10.0. The molecule has 1 saturated heterocycles. The largest absolute Gasteiger partial charge is 0.375 e. The van der Waals surface area contributed by atoms with Crippen LogP contribution in [-0.2, 0) is 4.74 Å². The Morgan fingerprint density at radius 3 is 2.83 bits per heavy atom. The Kier molecular flexibility index (Phi) is 3.88. The number of halogens is 1. The van der Waals surface area contributed by atoms with Gasteiger partial charge in [-0.3, -0.25) is 0 Å². The first-order chi connectivity index (χ1) is 8.49. The molecule has 0 bridgehead atoms. The van der Waals surface area contributed by atoms with E-state index in [1.54, 1.807) is 13.0 Å². The second-order valence-corrected chi connectivity index (χ2v) is 5.08. The number of nitrogens with zero attached hydrogens (tertiary/aromatic N) is 1. The Morgan fingerprint density at radius 2 is 2.22 bits per heavy atom. The number of ether oxygens (including phenoxy) is 1. The molecule has 0 aromatic heterocycles. The van der Waals surface area contributed by atoms with Crippen LogP contribution in [0.1, 0.15) is 31.0 Å². The standard InChI is InChI=1S/C14H21FN2O/c1-9-6-14(12(11(3)16)7-13(9)15)17-4-5-18-10(2)8-17/h6-7,10-11H,4-5,8,16H2,1-3H3/t10?,11-/m0/s1. The Labute approximate surface area is 108 Å². The maximum atomic E-state index is 13.7. The molecule has 0 radical (unpaired) electrons. The summed E-state index contributed by atoms with van der Waals surface area (Å²) in [5, 5.41) is 0. The van der Waals surface area contributed by atoms with Gasteiger partial charge in [-0.2, -0.15) is 0 Å². The van der Waals surface area contributed by atoms with Gasteiger partial charge in [0, 0.05) is 24.8 Å². The summed E-state index contributed by atoms with van der Waals surface area (Å²) in [6, 6.07) is 3.29. The van der Waals surface area contributed by atoms with Gasteiger partial charge in [-0.15, -0.1) is 0 Å². The fourth-order valence-corrected chi connectivity index (χ4v) is 2.36. The maximum Gasteiger partial charge on any atom is 0.126 e. The van der Waals surface area contributed by atoms with Crippen molar-refractivity contribution in [3.63, 3.8) is 0 Å². The smallest absolute Gasteiger partial charge is 0.126 e. The molecule has 0 aliphatic carbocycles. The molecule has 1 heterocycles. The van der Waals surface area contributed by atoms with Crippen LogP contribution in [0.15, 0.2) is 12.1 Å². The number of nitrogens with two attached hydrogens (primary N) is 1. The van der Waals surface area contributed by atoms with Crippen LogP contribution in [0, 0.1) is 12.7 Å². The van der Waals surface area contributed by atoms with E-state index >= 15 is 0 Å². The van der Waals surface area contributed by atoms with Crippen LogP contribution in [-0.4, -0.2) is 25.8 Å². The van der Waals surface area contributed by atoms with Crippen molar-refractivity contribution < 1.29 is 9.13 Å². The van der Waals surface area contributed by atoms with Crippen molar-refractivity contribution in [2.24, 2.45) is 5.73 Å². The Bertz CT molecular complexity index is 434. The molecule has 1 unspecified atom stereocenters. The lowest BCUT2D eigenvalue weighted by Crippen LogP contribution is -2.41. The van der Waals surface area contributed by atoms with E-state index in [-0.39, 0.29) is 18.0 Å². The first kappa shape index (κ1) is 13.3. The zero-order chi connectivity index (χ0) is 13.3. The summed E-state index contributed by atoms with van der Waals surface area (Å²) in [4.78, 5) is 2.24.